The van der Waals surface area contributed by atoms with Crippen molar-refractivity contribution in [1.29, 1.82) is 0 Å². The fourth-order valence-electron chi connectivity index (χ4n) is 3.26. The Hall–Kier alpha value is -2.51. The van der Waals surface area contributed by atoms with Gasteiger partial charge in [0.1, 0.15) is 5.82 Å². The van der Waals surface area contributed by atoms with Crippen molar-refractivity contribution in [2.75, 3.05) is 12.4 Å². The first kappa shape index (κ1) is 18.8. The number of nitrogens with zero attached hydrogens (tertiary/aromatic N) is 2. The van der Waals surface area contributed by atoms with Crippen molar-refractivity contribution < 1.29 is 13.9 Å². The molecule has 1 atom stereocenters. The molecule has 0 saturated carbocycles. The zero-order valence-electron chi connectivity index (χ0n) is 15.1. The molecule has 0 N–H and O–H groups in total. The van der Waals surface area contributed by atoms with Crippen molar-refractivity contribution in [3.8, 4) is 0 Å². The molecule has 144 valence electrons. The first-order chi connectivity index (χ1) is 13.6. The third kappa shape index (κ3) is 4.00. The fourth-order valence-corrected chi connectivity index (χ4v) is 4.16. The van der Waals surface area contributed by atoms with Gasteiger partial charge in [-0.3, -0.25) is 14.2 Å². The largest absolute Gasteiger partial charge is 0.376 e. The molecule has 1 aromatic heterocycles. The van der Waals surface area contributed by atoms with E-state index in [0.717, 1.165) is 12.8 Å². The summed E-state index contributed by atoms with van der Waals surface area (Å²) in [6.45, 7) is 1.12. The Morgan fingerprint density at radius 3 is 2.75 bits per heavy atom. The maximum atomic E-state index is 13.1. The number of hydrogen-bond acceptors (Lipinski definition) is 5. The van der Waals surface area contributed by atoms with E-state index in [1.54, 1.807) is 16.7 Å². The Balaban J connectivity index is 1.63. The van der Waals surface area contributed by atoms with E-state index in [0.29, 0.717) is 34.8 Å². The summed E-state index contributed by atoms with van der Waals surface area (Å²) < 4.78 is 20.4. The Labute approximate surface area is 165 Å². The summed E-state index contributed by atoms with van der Waals surface area (Å²) in [5.74, 6) is -0.413. The third-order valence-corrected chi connectivity index (χ3v) is 5.71. The highest BCUT2D eigenvalue weighted by molar-refractivity contribution is 7.99. The lowest BCUT2D eigenvalue weighted by Crippen LogP contribution is -2.29. The molecule has 2 aromatic carbocycles. The van der Waals surface area contributed by atoms with Crippen LogP contribution in [0.2, 0.25) is 0 Å². The molecule has 0 spiro atoms. The molecule has 5 nitrogen and oxygen atoms in total. The molecule has 0 amide bonds. The maximum absolute atomic E-state index is 13.1. The first-order valence-corrected chi connectivity index (χ1v) is 10.1. The zero-order chi connectivity index (χ0) is 19.5. The van der Waals surface area contributed by atoms with Gasteiger partial charge in [-0.15, -0.1) is 0 Å². The molecule has 0 radical (unpaired) electrons. The zero-order valence-corrected chi connectivity index (χ0v) is 16.0. The number of carbonyl (C=O) groups is 1. The van der Waals surface area contributed by atoms with Crippen LogP contribution in [0.5, 0.6) is 0 Å². The number of halogens is 1. The number of thioether (sulfide) groups is 1. The number of benzene rings is 2. The van der Waals surface area contributed by atoms with Crippen LogP contribution in [0.25, 0.3) is 10.9 Å². The molecule has 2 heterocycles. The lowest BCUT2D eigenvalue weighted by atomic mass is 10.1. The van der Waals surface area contributed by atoms with E-state index >= 15 is 0 Å². The van der Waals surface area contributed by atoms with E-state index in [1.165, 1.54) is 36.0 Å². The summed E-state index contributed by atoms with van der Waals surface area (Å²) in [5, 5.41) is 1.05. The minimum absolute atomic E-state index is 0.0205. The Morgan fingerprint density at radius 2 is 2.00 bits per heavy atom. The van der Waals surface area contributed by atoms with E-state index in [4.69, 9.17) is 4.74 Å². The quantitative estimate of drug-likeness (QED) is 0.360. The van der Waals surface area contributed by atoms with Crippen LogP contribution in [0, 0.1) is 5.82 Å². The van der Waals surface area contributed by atoms with Crippen LogP contribution in [0.4, 0.5) is 4.39 Å². The molecule has 1 fully saturated rings. The Kier molecular flexibility index (Phi) is 5.54. The average Bonchev–Trinajstić information content (AvgIpc) is 3.22. The molecule has 1 unspecified atom stereocenters. The number of aromatic nitrogens is 2. The van der Waals surface area contributed by atoms with Crippen LogP contribution in [-0.4, -0.2) is 33.8 Å². The van der Waals surface area contributed by atoms with Gasteiger partial charge in [-0.25, -0.2) is 9.37 Å². The lowest BCUT2D eigenvalue weighted by molar-refractivity contribution is 0.0937. The third-order valence-electron chi connectivity index (χ3n) is 4.74. The molecule has 3 aromatic rings. The minimum atomic E-state index is -0.384. The summed E-state index contributed by atoms with van der Waals surface area (Å²) in [7, 11) is 0. The van der Waals surface area contributed by atoms with Crippen molar-refractivity contribution >= 4 is 28.4 Å². The van der Waals surface area contributed by atoms with Crippen LogP contribution >= 0.6 is 11.8 Å². The maximum Gasteiger partial charge on any atom is 0.262 e. The SMILES string of the molecule is O=C(CSc1nc2ccccc2c(=O)n1CC1CCCO1)c1ccc(F)cc1. The second kappa shape index (κ2) is 8.24. The van der Waals surface area contributed by atoms with Crippen molar-refractivity contribution in [2.45, 2.75) is 30.6 Å². The highest BCUT2D eigenvalue weighted by Crippen LogP contribution is 2.22. The minimum Gasteiger partial charge on any atom is -0.376 e. The normalized spacial score (nSPS) is 16.5. The monoisotopic (exact) mass is 398 g/mol. The van der Waals surface area contributed by atoms with E-state index < -0.39 is 0 Å². The molecule has 7 heteroatoms. The number of ketones is 1. The number of ether oxygens (including phenoxy) is 1. The number of hydrogen-bond donors (Lipinski definition) is 0. The number of carbonyl (C=O) groups excluding carboxylic acids is 1. The van der Waals surface area contributed by atoms with Crippen LogP contribution < -0.4 is 5.56 Å². The predicted molar refractivity (Wildman–Crippen MR) is 106 cm³/mol. The van der Waals surface area contributed by atoms with Gasteiger partial charge in [-0.05, 0) is 49.2 Å². The van der Waals surface area contributed by atoms with E-state index in [-0.39, 0.29) is 29.0 Å². The highest BCUT2D eigenvalue weighted by atomic mass is 32.2. The number of Topliss-reactive ketones (excluding diaryl/α,β-unsaturated/α-hetero) is 1. The molecule has 1 aliphatic rings. The molecular formula is C21H19FN2O3S. The smallest absolute Gasteiger partial charge is 0.262 e. The second-order valence-electron chi connectivity index (χ2n) is 6.68. The first-order valence-electron chi connectivity index (χ1n) is 9.14. The summed E-state index contributed by atoms with van der Waals surface area (Å²) in [6.07, 6.45) is 1.86. The van der Waals surface area contributed by atoms with Crippen molar-refractivity contribution in [1.82, 2.24) is 9.55 Å². The van der Waals surface area contributed by atoms with Crippen molar-refractivity contribution in [3.63, 3.8) is 0 Å². The highest BCUT2D eigenvalue weighted by Gasteiger charge is 2.20. The number of rotatable bonds is 6. The van der Waals surface area contributed by atoms with Gasteiger partial charge in [0.2, 0.25) is 0 Å². The van der Waals surface area contributed by atoms with E-state index in [9.17, 15) is 14.0 Å². The number of para-hydroxylation sites is 1. The van der Waals surface area contributed by atoms with Crippen molar-refractivity contribution in [2.24, 2.45) is 0 Å². The molecular weight excluding hydrogens is 379 g/mol. The van der Waals surface area contributed by atoms with Gasteiger partial charge < -0.3 is 4.74 Å². The molecule has 0 bridgehead atoms. The van der Waals surface area contributed by atoms with Gasteiger partial charge >= 0.3 is 0 Å². The number of fused-ring (bicyclic) bond motifs is 1. The molecule has 1 aliphatic heterocycles. The molecule has 1 saturated heterocycles. The fraction of sp³-hybridized carbons (Fsp3) is 0.286. The molecule has 0 aliphatic carbocycles. The summed E-state index contributed by atoms with van der Waals surface area (Å²) in [6, 6.07) is 12.6. The summed E-state index contributed by atoms with van der Waals surface area (Å²) >= 11 is 1.22. The standard InChI is InChI=1S/C21H19FN2O3S/c22-15-9-7-14(8-10-15)19(25)13-28-21-23-18-6-2-1-5-17(18)20(26)24(21)12-16-4-3-11-27-16/h1-2,5-10,16H,3-4,11-13H2. The summed E-state index contributed by atoms with van der Waals surface area (Å²) in [5.41, 5.74) is 0.911. The Morgan fingerprint density at radius 1 is 1.21 bits per heavy atom. The molecule has 28 heavy (non-hydrogen) atoms. The van der Waals surface area contributed by atoms with Crippen LogP contribution in [0.15, 0.2) is 58.5 Å². The topological polar surface area (TPSA) is 61.2 Å². The van der Waals surface area contributed by atoms with Gasteiger partial charge in [0.25, 0.3) is 5.56 Å². The van der Waals surface area contributed by atoms with Crippen LogP contribution in [0.1, 0.15) is 23.2 Å². The Bertz CT molecular complexity index is 1060. The summed E-state index contributed by atoms with van der Waals surface area (Å²) in [4.78, 5) is 30.1. The van der Waals surface area contributed by atoms with E-state index in [1.807, 2.05) is 12.1 Å². The van der Waals surface area contributed by atoms with Crippen LogP contribution in [-0.2, 0) is 11.3 Å². The van der Waals surface area contributed by atoms with Gasteiger partial charge in [0, 0.05) is 12.2 Å². The predicted octanol–water partition coefficient (Wildman–Crippen LogP) is 3.69. The second-order valence-corrected chi connectivity index (χ2v) is 7.62. The van der Waals surface area contributed by atoms with Gasteiger partial charge in [-0.1, -0.05) is 23.9 Å². The van der Waals surface area contributed by atoms with Gasteiger partial charge in [0.05, 0.1) is 29.3 Å². The van der Waals surface area contributed by atoms with E-state index in [2.05, 4.69) is 4.98 Å². The van der Waals surface area contributed by atoms with Gasteiger partial charge in [-0.2, -0.15) is 0 Å². The average molecular weight is 398 g/mol. The van der Waals surface area contributed by atoms with Crippen LogP contribution in [0.3, 0.4) is 0 Å². The molecule has 4 rings (SSSR count). The van der Waals surface area contributed by atoms with Gasteiger partial charge in [0.15, 0.2) is 10.9 Å². The lowest BCUT2D eigenvalue weighted by Gasteiger charge is -2.16. The van der Waals surface area contributed by atoms with Crippen molar-refractivity contribution in [3.05, 3.63) is 70.3 Å².